The van der Waals surface area contributed by atoms with Crippen LogP contribution in [0.3, 0.4) is 0 Å². The van der Waals surface area contributed by atoms with Gasteiger partial charge in [-0.15, -0.1) is 0 Å². The van der Waals surface area contributed by atoms with Crippen molar-refractivity contribution in [2.75, 3.05) is 19.0 Å². The lowest BCUT2D eigenvalue weighted by Gasteiger charge is -2.02. The van der Waals surface area contributed by atoms with Crippen LogP contribution < -0.4 is 0 Å². The average molecular weight is 160 g/mol. The van der Waals surface area contributed by atoms with Crippen LogP contribution in [0, 0.1) is 0 Å². The summed E-state index contributed by atoms with van der Waals surface area (Å²) in [4.78, 5) is 0. The van der Waals surface area contributed by atoms with Crippen molar-refractivity contribution in [2.24, 2.45) is 0 Å². The van der Waals surface area contributed by atoms with E-state index in [1.54, 1.807) is 0 Å². The molecule has 0 saturated carbocycles. The summed E-state index contributed by atoms with van der Waals surface area (Å²) >= 11 is 4.06. The summed E-state index contributed by atoms with van der Waals surface area (Å²) in [5.74, 6) is 0.728. The topological polar surface area (TPSA) is 9.23 Å². The van der Waals surface area contributed by atoms with Crippen LogP contribution in [0.15, 0.2) is 12.2 Å². The summed E-state index contributed by atoms with van der Waals surface area (Å²) in [7, 11) is 0. The number of hydrogen-bond acceptors (Lipinski definition) is 2. The van der Waals surface area contributed by atoms with E-state index in [0.29, 0.717) is 6.61 Å². The summed E-state index contributed by atoms with van der Waals surface area (Å²) in [5, 5.41) is 0. The zero-order valence-electron chi connectivity index (χ0n) is 6.60. The van der Waals surface area contributed by atoms with E-state index in [4.69, 9.17) is 4.74 Å². The molecule has 0 saturated heterocycles. The fourth-order valence-corrected chi connectivity index (χ4v) is 0.600. The lowest BCUT2D eigenvalue weighted by Crippen LogP contribution is -1.99. The van der Waals surface area contributed by atoms with Gasteiger partial charge in [-0.2, -0.15) is 12.6 Å². The first kappa shape index (κ1) is 10.0. The zero-order chi connectivity index (χ0) is 7.82. The third kappa shape index (κ3) is 6.17. The van der Waals surface area contributed by atoms with Crippen molar-refractivity contribution in [1.29, 1.82) is 0 Å². The molecule has 0 spiro atoms. The van der Waals surface area contributed by atoms with Crippen molar-refractivity contribution >= 4 is 12.6 Å². The summed E-state index contributed by atoms with van der Waals surface area (Å²) in [6, 6.07) is 0. The first-order valence-electron chi connectivity index (χ1n) is 3.66. The molecule has 0 atom stereocenters. The molecule has 0 bridgehead atoms. The molecule has 1 nitrogen and oxygen atoms in total. The Morgan fingerprint density at radius 1 is 1.60 bits per heavy atom. The zero-order valence-corrected chi connectivity index (χ0v) is 7.49. The number of rotatable bonds is 6. The van der Waals surface area contributed by atoms with E-state index in [0.717, 1.165) is 24.4 Å². The quantitative estimate of drug-likeness (QED) is 0.356. The summed E-state index contributed by atoms with van der Waals surface area (Å²) in [6.45, 7) is 7.44. The van der Waals surface area contributed by atoms with Gasteiger partial charge in [-0.1, -0.05) is 19.9 Å². The van der Waals surface area contributed by atoms with Crippen LogP contribution in [-0.4, -0.2) is 19.0 Å². The fraction of sp³-hybridized carbons (Fsp3) is 0.750. The molecule has 0 aliphatic rings. The summed E-state index contributed by atoms with van der Waals surface area (Å²) in [6.07, 6.45) is 2.33. The van der Waals surface area contributed by atoms with E-state index in [9.17, 15) is 0 Å². The number of thiol groups is 1. The molecule has 0 unspecified atom stereocenters. The van der Waals surface area contributed by atoms with Crippen molar-refractivity contribution in [3.8, 4) is 0 Å². The molecule has 0 N–H and O–H groups in total. The van der Waals surface area contributed by atoms with Gasteiger partial charge < -0.3 is 4.74 Å². The van der Waals surface area contributed by atoms with Gasteiger partial charge >= 0.3 is 0 Å². The molecule has 0 aromatic carbocycles. The van der Waals surface area contributed by atoms with E-state index < -0.39 is 0 Å². The lowest BCUT2D eigenvalue weighted by molar-refractivity contribution is 0.153. The van der Waals surface area contributed by atoms with E-state index in [-0.39, 0.29) is 0 Å². The SMILES string of the molecule is C=C(CS)COCCCC. The highest BCUT2D eigenvalue weighted by Gasteiger charge is 1.89. The van der Waals surface area contributed by atoms with E-state index in [1.807, 2.05) is 0 Å². The highest BCUT2D eigenvalue weighted by atomic mass is 32.1. The monoisotopic (exact) mass is 160 g/mol. The molecule has 60 valence electrons. The second-order valence-electron chi connectivity index (χ2n) is 2.31. The van der Waals surface area contributed by atoms with E-state index in [2.05, 4.69) is 26.1 Å². The highest BCUT2D eigenvalue weighted by molar-refractivity contribution is 7.80. The molecule has 0 radical (unpaired) electrons. The molecule has 10 heavy (non-hydrogen) atoms. The minimum Gasteiger partial charge on any atom is -0.377 e. The van der Waals surface area contributed by atoms with Gasteiger partial charge in [-0.25, -0.2) is 0 Å². The van der Waals surface area contributed by atoms with Gasteiger partial charge in [0.2, 0.25) is 0 Å². The minimum atomic E-state index is 0.670. The smallest absolute Gasteiger partial charge is 0.0682 e. The van der Waals surface area contributed by atoms with Gasteiger partial charge in [-0.3, -0.25) is 0 Å². The fourth-order valence-electron chi connectivity index (χ4n) is 0.509. The maximum Gasteiger partial charge on any atom is 0.0682 e. The van der Waals surface area contributed by atoms with E-state index >= 15 is 0 Å². The van der Waals surface area contributed by atoms with Crippen LogP contribution in [-0.2, 0) is 4.74 Å². The third-order valence-corrected chi connectivity index (χ3v) is 1.62. The van der Waals surface area contributed by atoms with Crippen LogP contribution in [0.1, 0.15) is 19.8 Å². The molecule has 0 aliphatic carbocycles. The first-order valence-corrected chi connectivity index (χ1v) is 4.29. The second-order valence-corrected chi connectivity index (χ2v) is 2.63. The van der Waals surface area contributed by atoms with Crippen LogP contribution in [0.5, 0.6) is 0 Å². The molecule has 0 rings (SSSR count). The molecular formula is C8H16OS. The number of hydrogen-bond donors (Lipinski definition) is 1. The standard InChI is InChI=1S/C8H16OS/c1-3-4-5-9-6-8(2)7-10/h10H,2-7H2,1H3. The predicted octanol–water partition coefficient (Wildman–Crippen LogP) is 2.29. The first-order chi connectivity index (χ1) is 4.81. The van der Waals surface area contributed by atoms with Crippen LogP contribution >= 0.6 is 12.6 Å². The maximum absolute atomic E-state index is 5.28. The summed E-state index contributed by atoms with van der Waals surface area (Å²) in [5.41, 5.74) is 1.06. The van der Waals surface area contributed by atoms with Gasteiger partial charge in [-0.05, 0) is 12.0 Å². The number of ether oxygens (including phenoxy) is 1. The van der Waals surface area contributed by atoms with Gasteiger partial charge in [0.1, 0.15) is 0 Å². The van der Waals surface area contributed by atoms with Gasteiger partial charge in [0.15, 0.2) is 0 Å². The highest BCUT2D eigenvalue weighted by Crippen LogP contribution is 1.95. The van der Waals surface area contributed by atoms with Crippen molar-refractivity contribution in [2.45, 2.75) is 19.8 Å². The van der Waals surface area contributed by atoms with Gasteiger partial charge in [0.05, 0.1) is 6.61 Å². The molecule has 0 amide bonds. The molecule has 0 aromatic heterocycles. The molecule has 0 aromatic rings. The molecule has 2 heteroatoms. The van der Waals surface area contributed by atoms with Crippen LogP contribution in [0.25, 0.3) is 0 Å². The van der Waals surface area contributed by atoms with Crippen molar-refractivity contribution in [3.63, 3.8) is 0 Å². The Morgan fingerprint density at radius 2 is 2.30 bits per heavy atom. The Labute approximate surface area is 68.9 Å². The molecule has 0 fully saturated rings. The Balaban J connectivity index is 2.96. The Hall–Kier alpha value is 0.0500. The average Bonchev–Trinajstić information content (AvgIpc) is 1.98. The van der Waals surface area contributed by atoms with Crippen molar-refractivity contribution in [1.82, 2.24) is 0 Å². The normalized spacial score (nSPS) is 9.80. The Kier molecular flexibility index (Phi) is 7.20. The van der Waals surface area contributed by atoms with Gasteiger partial charge in [0.25, 0.3) is 0 Å². The summed E-state index contributed by atoms with van der Waals surface area (Å²) < 4.78 is 5.28. The molecular weight excluding hydrogens is 144 g/mol. The largest absolute Gasteiger partial charge is 0.377 e. The van der Waals surface area contributed by atoms with E-state index in [1.165, 1.54) is 6.42 Å². The third-order valence-electron chi connectivity index (χ3n) is 1.17. The second kappa shape index (κ2) is 7.16. The molecule has 0 heterocycles. The van der Waals surface area contributed by atoms with Gasteiger partial charge in [0, 0.05) is 12.4 Å². The van der Waals surface area contributed by atoms with Crippen molar-refractivity contribution < 1.29 is 4.74 Å². The number of unbranched alkanes of at least 4 members (excludes halogenated alkanes) is 1. The molecule has 0 aliphatic heterocycles. The minimum absolute atomic E-state index is 0.670. The van der Waals surface area contributed by atoms with Crippen molar-refractivity contribution in [3.05, 3.63) is 12.2 Å². The Morgan fingerprint density at radius 3 is 2.80 bits per heavy atom. The van der Waals surface area contributed by atoms with Crippen LogP contribution in [0.2, 0.25) is 0 Å². The predicted molar refractivity (Wildman–Crippen MR) is 48.7 cm³/mol. The lowest BCUT2D eigenvalue weighted by atomic mass is 10.3. The van der Waals surface area contributed by atoms with Crippen LogP contribution in [0.4, 0.5) is 0 Å². The Bertz CT molecular complexity index is 91.3. The maximum atomic E-state index is 5.28.